The zero-order valence-corrected chi connectivity index (χ0v) is 13.2. The van der Waals surface area contributed by atoms with E-state index in [0.29, 0.717) is 25.3 Å². The number of rotatable bonds is 6. The van der Waals surface area contributed by atoms with Gasteiger partial charge in [-0.3, -0.25) is 9.79 Å². The number of ether oxygens (including phenoxy) is 1. The van der Waals surface area contributed by atoms with Gasteiger partial charge in [0, 0.05) is 18.7 Å². The van der Waals surface area contributed by atoms with Crippen molar-refractivity contribution in [2.45, 2.75) is 51.6 Å². The van der Waals surface area contributed by atoms with E-state index in [4.69, 9.17) is 10.5 Å². The third kappa shape index (κ3) is 5.76. The molecular formula is C17H25N3O2. The summed E-state index contributed by atoms with van der Waals surface area (Å²) in [6.45, 7) is 2.54. The van der Waals surface area contributed by atoms with E-state index in [1.165, 1.54) is 12.8 Å². The van der Waals surface area contributed by atoms with Crippen molar-refractivity contribution in [1.29, 1.82) is 0 Å². The minimum Gasteiger partial charge on any atom is -0.462 e. The summed E-state index contributed by atoms with van der Waals surface area (Å²) in [6, 6.07) is 7.92. The molecule has 1 aromatic rings. The molecule has 0 heterocycles. The lowest BCUT2D eigenvalue weighted by Gasteiger charge is -2.10. The van der Waals surface area contributed by atoms with E-state index in [-0.39, 0.29) is 12.1 Å². The summed E-state index contributed by atoms with van der Waals surface area (Å²) in [4.78, 5) is 15.9. The predicted octanol–water partition coefficient (Wildman–Crippen LogP) is 2.99. The van der Waals surface area contributed by atoms with Crippen molar-refractivity contribution in [1.82, 2.24) is 0 Å². The topological polar surface area (TPSA) is 76.7 Å². The van der Waals surface area contributed by atoms with Crippen molar-refractivity contribution in [3.8, 4) is 0 Å². The van der Waals surface area contributed by atoms with Crippen LogP contribution in [0.4, 0.5) is 5.69 Å². The van der Waals surface area contributed by atoms with Crippen molar-refractivity contribution >= 4 is 17.6 Å². The first-order valence-electron chi connectivity index (χ1n) is 7.96. The average molecular weight is 303 g/mol. The Labute approximate surface area is 132 Å². The average Bonchev–Trinajstić information content (AvgIpc) is 2.96. The number of carbonyl (C=O) groups excluding carboxylic acids is 1. The van der Waals surface area contributed by atoms with Gasteiger partial charge in [-0.15, -0.1) is 0 Å². The minimum atomic E-state index is -0.118. The molecule has 2 rings (SSSR count). The van der Waals surface area contributed by atoms with Gasteiger partial charge in [0.1, 0.15) is 6.10 Å². The van der Waals surface area contributed by atoms with E-state index in [1.54, 1.807) is 0 Å². The normalized spacial score (nSPS) is 15.8. The monoisotopic (exact) mass is 303 g/mol. The van der Waals surface area contributed by atoms with Crippen LogP contribution in [0.5, 0.6) is 0 Å². The number of hydrogen-bond acceptors (Lipinski definition) is 3. The first kappa shape index (κ1) is 16.3. The van der Waals surface area contributed by atoms with Gasteiger partial charge < -0.3 is 15.8 Å². The van der Waals surface area contributed by atoms with E-state index in [9.17, 15) is 4.79 Å². The largest absolute Gasteiger partial charge is 0.462 e. The third-order valence-corrected chi connectivity index (χ3v) is 3.71. The molecule has 1 aliphatic carbocycles. The quantitative estimate of drug-likeness (QED) is 0.366. The molecule has 5 heteroatoms. The maximum atomic E-state index is 11.7. The number of aryl methyl sites for hydroxylation is 1. The highest BCUT2D eigenvalue weighted by molar-refractivity contribution is 5.92. The first-order chi connectivity index (χ1) is 10.6. The molecule has 0 saturated heterocycles. The molecule has 1 aliphatic rings. The smallest absolute Gasteiger partial charge is 0.306 e. The van der Waals surface area contributed by atoms with Crippen LogP contribution in [-0.2, 0) is 9.53 Å². The molecule has 22 heavy (non-hydrogen) atoms. The number of aliphatic imine (C=N–C) groups is 1. The fraction of sp³-hybridized carbons (Fsp3) is 0.529. The SMILES string of the molecule is Cc1cccc(NC(N)=NCCCC(=O)OC2CCCC2)c1. The molecule has 0 aliphatic heterocycles. The zero-order valence-electron chi connectivity index (χ0n) is 13.2. The molecule has 0 spiro atoms. The van der Waals surface area contributed by atoms with E-state index < -0.39 is 0 Å². The number of anilines is 1. The standard InChI is InChI=1S/C17H25N3O2/c1-13-6-4-7-14(12-13)20-17(18)19-11-5-10-16(21)22-15-8-2-3-9-15/h4,6-7,12,15H,2-3,5,8-11H2,1H3,(H3,18,19,20). The number of guanidine groups is 1. The van der Waals surface area contributed by atoms with Gasteiger partial charge in [0.05, 0.1) is 0 Å². The molecule has 1 fully saturated rings. The van der Waals surface area contributed by atoms with Crippen LogP contribution in [0, 0.1) is 6.92 Å². The van der Waals surface area contributed by atoms with Crippen molar-refractivity contribution < 1.29 is 9.53 Å². The Bertz CT molecular complexity index is 522. The number of nitrogens with one attached hydrogen (secondary N) is 1. The van der Waals surface area contributed by atoms with Crippen LogP contribution >= 0.6 is 0 Å². The molecule has 0 aromatic heterocycles. The van der Waals surface area contributed by atoms with Crippen LogP contribution in [0.3, 0.4) is 0 Å². The number of nitrogens with two attached hydrogens (primary N) is 1. The van der Waals surface area contributed by atoms with Crippen LogP contribution in [0.2, 0.25) is 0 Å². The van der Waals surface area contributed by atoms with Gasteiger partial charge in [0.15, 0.2) is 5.96 Å². The van der Waals surface area contributed by atoms with Gasteiger partial charge in [-0.1, -0.05) is 12.1 Å². The second-order valence-corrected chi connectivity index (χ2v) is 5.76. The molecule has 3 N–H and O–H groups in total. The van der Waals surface area contributed by atoms with E-state index in [2.05, 4.69) is 10.3 Å². The van der Waals surface area contributed by atoms with Crippen molar-refractivity contribution in [2.24, 2.45) is 10.7 Å². The number of nitrogens with zero attached hydrogens (tertiary/aromatic N) is 1. The summed E-state index contributed by atoms with van der Waals surface area (Å²) >= 11 is 0. The molecule has 0 unspecified atom stereocenters. The van der Waals surface area contributed by atoms with Gasteiger partial charge in [0.2, 0.25) is 0 Å². The second-order valence-electron chi connectivity index (χ2n) is 5.76. The Morgan fingerprint density at radius 2 is 2.18 bits per heavy atom. The molecule has 1 saturated carbocycles. The van der Waals surface area contributed by atoms with Crippen LogP contribution < -0.4 is 11.1 Å². The van der Waals surface area contributed by atoms with Gasteiger partial charge in [0.25, 0.3) is 0 Å². The summed E-state index contributed by atoms with van der Waals surface area (Å²) in [7, 11) is 0. The van der Waals surface area contributed by atoms with E-state index in [1.807, 2.05) is 31.2 Å². The summed E-state index contributed by atoms with van der Waals surface area (Å²) in [5.41, 5.74) is 7.91. The fourth-order valence-electron chi connectivity index (χ4n) is 2.58. The summed E-state index contributed by atoms with van der Waals surface area (Å²) in [5, 5.41) is 3.04. The highest BCUT2D eigenvalue weighted by Gasteiger charge is 2.18. The van der Waals surface area contributed by atoms with Gasteiger partial charge in [-0.25, -0.2) is 0 Å². The Hall–Kier alpha value is -2.04. The number of benzene rings is 1. The lowest BCUT2D eigenvalue weighted by Crippen LogP contribution is -2.23. The molecule has 0 bridgehead atoms. The highest BCUT2D eigenvalue weighted by atomic mass is 16.5. The first-order valence-corrected chi connectivity index (χ1v) is 7.96. The maximum Gasteiger partial charge on any atom is 0.306 e. The van der Waals surface area contributed by atoms with Gasteiger partial charge in [-0.05, 0) is 56.7 Å². The van der Waals surface area contributed by atoms with Crippen molar-refractivity contribution in [2.75, 3.05) is 11.9 Å². The Balaban J connectivity index is 1.64. The van der Waals surface area contributed by atoms with Crippen LogP contribution in [0.1, 0.15) is 44.1 Å². The Morgan fingerprint density at radius 3 is 2.91 bits per heavy atom. The summed E-state index contributed by atoms with van der Waals surface area (Å²) in [5.74, 6) is 0.252. The lowest BCUT2D eigenvalue weighted by atomic mass is 10.2. The number of esters is 1. The third-order valence-electron chi connectivity index (χ3n) is 3.71. The van der Waals surface area contributed by atoms with E-state index in [0.717, 1.165) is 24.1 Å². The number of carbonyl (C=O) groups is 1. The molecule has 0 atom stereocenters. The lowest BCUT2D eigenvalue weighted by molar-refractivity contribution is -0.148. The van der Waals surface area contributed by atoms with Crippen LogP contribution in [-0.4, -0.2) is 24.6 Å². The molecule has 5 nitrogen and oxygen atoms in total. The molecule has 1 aromatic carbocycles. The predicted molar refractivity (Wildman–Crippen MR) is 88.9 cm³/mol. The highest BCUT2D eigenvalue weighted by Crippen LogP contribution is 2.21. The van der Waals surface area contributed by atoms with Crippen LogP contribution in [0.25, 0.3) is 0 Å². The molecule has 0 amide bonds. The zero-order chi connectivity index (χ0) is 15.8. The van der Waals surface area contributed by atoms with Gasteiger partial charge in [-0.2, -0.15) is 0 Å². The Kier molecular flexibility index (Phi) is 6.25. The summed E-state index contributed by atoms with van der Waals surface area (Å²) < 4.78 is 5.39. The molecule has 120 valence electrons. The van der Waals surface area contributed by atoms with Crippen LogP contribution in [0.15, 0.2) is 29.3 Å². The maximum absolute atomic E-state index is 11.7. The summed E-state index contributed by atoms with van der Waals surface area (Å²) in [6.07, 6.45) is 5.56. The minimum absolute atomic E-state index is 0.118. The Morgan fingerprint density at radius 1 is 1.41 bits per heavy atom. The van der Waals surface area contributed by atoms with Crippen molar-refractivity contribution in [3.05, 3.63) is 29.8 Å². The fourth-order valence-corrected chi connectivity index (χ4v) is 2.58. The molecular weight excluding hydrogens is 278 g/mol. The molecule has 0 radical (unpaired) electrons. The van der Waals surface area contributed by atoms with Crippen molar-refractivity contribution in [3.63, 3.8) is 0 Å². The number of hydrogen-bond donors (Lipinski definition) is 2. The van der Waals surface area contributed by atoms with Gasteiger partial charge >= 0.3 is 5.97 Å². The second kappa shape index (κ2) is 8.41. The van der Waals surface area contributed by atoms with E-state index >= 15 is 0 Å².